The summed E-state index contributed by atoms with van der Waals surface area (Å²) < 4.78 is 14.9. The van der Waals surface area contributed by atoms with Gasteiger partial charge in [-0.05, 0) is 19.6 Å². The van der Waals surface area contributed by atoms with E-state index < -0.39 is 20.3 Å². The van der Waals surface area contributed by atoms with Gasteiger partial charge in [0.05, 0.1) is 19.8 Å². The SMILES string of the molecule is COC(=O)/C=C(C(=O)OC)/C(=N/O[Si](C)(C)C)c1ccccc1. The second kappa shape index (κ2) is 8.28. The highest BCUT2D eigenvalue weighted by molar-refractivity contribution is 6.69. The summed E-state index contributed by atoms with van der Waals surface area (Å²) in [6, 6.07) is 8.96. The second-order valence-electron chi connectivity index (χ2n) is 5.58. The summed E-state index contributed by atoms with van der Waals surface area (Å²) in [7, 11) is 0.484. The highest BCUT2D eigenvalue weighted by Crippen LogP contribution is 2.14. The highest BCUT2D eigenvalue weighted by Gasteiger charge is 2.23. The van der Waals surface area contributed by atoms with Crippen LogP contribution in [0.4, 0.5) is 0 Å². The number of carbonyl (C=O) groups excluding carboxylic acids is 2. The van der Waals surface area contributed by atoms with Crippen molar-refractivity contribution < 1.29 is 23.6 Å². The van der Waals surface area contributed by atoms with Crippen molar-refractivity contribution >= 4 is 26.0 Å². The molecule has 0 aliphatic rings. The molecule has 0 spiro atoms. The predicted molar refractivity (Wildman–Crippen MR) is 89.5 cm³/mol. The third kappa shape index (κ3) is 6.07. The molecule has 0 aromatic heterocycles. The van der Waals surface area contributed by atoms with Crippen molar-refractivity contribution in [1.29, 1.82) is 0 Å². The zero-order valence-corrected chi connectivity index (χ0v) is 15.0. The average Bonchev–Trinajstić information content (AvgIpc) is 2.52. The van der Waals surface area contributed by atoms with Crippen molar-refractivity contribution in [3.63, 3.8) is 0 Å². The Kier molecular flexibility index (Phi) is 6.71. The number of benzene rings is 1. The van der Waals surface area contributed by atoms with E-state index in [4.69, 9.17) is 9.26 Å². The first-order valence-electron chi connectivity index (χ1n) is 6.98. The van der Waals surface area contributed by atoms with Gasteiger partial charge in [0.15, 0.2) is 0 Å². The molecule has 0 heterocycles. The molecule has 0 N–H and O–H groups in total. The maximum absolute atomic E-state index is 12.1. The molecule has 0 saturated heterocycles. The third-order valence-electron chi connectivity index (χ3n) is 2.58. The van der Waals surface area contributed by atoms with Gasteiger partial charge in [-0.2, -0.15) is 0 Å². The Morgan fingerprint density at radius 3 is 2.13 bits per heavy atom. The number of ether oxygens (including phenoxy) is 2. The van der Waals surface area contributed by atoms with Gasteiger partial charge in [0.25, 0.3) is 8.32 Å². The molecule has 6 nitrogen and oxygen atoms in total. The smallest absolute Gasteiger partial charge is 0.340 e. The summed E-state index contributed by atoms with van der Waals surface area (Å²) in [6.45, 7) is 5.88. The van der Waals surface area contributed by atoms with Crippen molar-refractivity contribution in [2.45, 2.75) is 19.6 Å². The van der Waals surface area contributed by atoms with E-state index in [1.165, 1.54) is 14.2 Å². The van der Waals surface area contributed by atoms with E-state index in [1.54, 1.807) is 24.3 Å². The van der Waals surface area contributed by atoms with Crippen molar-refractivity contribution in [1.82, 2.24) is 0 Å². The number of methoxy groups -OCH3 is 2. The summed E-state index contributed by atoms with van der Waals surface area (Å²) in [5, 5.41) is 4.12. The van der Waals surface area contributed by atoms with E-state index in [0.29, 0.717) is 5.56 Å². The van der Waals surface area contributed by atoms with Crippen LogP contribution in [0.25, 0.3) is 0 Å². The molecule has 0 atom stereocenters. The molecule has 0 bridgehead atoms. The molecular weight excluding hydrogens is 314 g/mol. The average molecular weight is 335 g/mol. The molecule has 1 aromatic rings. The standard InChI is InChI=1S/C16H21NO5Si/c1-20-14(18)11-13(16(19)21-2)15(17-22-23(3,4)5)12-9-7-6-8-10-12/h6-11H,1-5H3/b13-11-,17-15+. The van der Waals surface area contributed by atoms with Crippen LogP contribution in [0.2, 0.25) is 19.6 Å². The molecule has 23 heavy (non-hydrogen) atoms. The zero-order chi connectivity index (χ0) is 17.5. The normalized spacial score (nSPS) is 12.6. The van der Waals surface area contributed by atoms with Crippen LogP contribution >= 0.6 is 0 Å². The van der Waals surface area contributed by atoms with Crippen LogP contribution in [0.1, 0.15) is 5.56 Å². The van der Waals surface area contributed by atoms with Crippen molar-refractivity contribution in [3.05, 3.63) is 47.5 Å². The summed E-state index contributed by atoms with van der Waals surface area (Å²) in [6.07, 6.45) is 1.05. The largest absolute Gasteiger partial charge is 0.466 e. The number of esters is 2. The topological polar surface area (TPSA) is 74.2 Å². The molecule has 0 aliphatic heterocycles. The molecule has 0 unspecified atom stereocenters. The van der Waals surface area contributed by atoms with Crippen LogP contribution in [0.3, 0.4) is 0 Å². The lowest BCUT2D eigenvalue weighted by Gasteiger charge is -2.16. The summed E-state index contributed by atoms with van der Waals surface area (Å²) in [5.74, 6) is -1.38. The molecule has 0 aliphatic carbocycles. The van der Waals surface area contributed by atoms with Crippen LogP contribution in [-0.4, -0.2) is 40.2 Å². The first kappa shape index (κ1) is 18.6. The minimum absolute atomic E-state index is 0.0243. The van der Waals surface area contributed by atoms with E-state index in [0.717, 1.165) is 6.08 Å². The zero-order valence-electron chi connectivity index (χ0n) is 14.0. The highest BCUT2D eigenvalue weighted by atomic mass is 28.4. The van der Waals surface area contributed by atoms with Gasteiger partial charge < -0.3 is 14.0 Å². The Morgan fingerprint density at radius 1 is 1.04 bits per heavy atom. The maximum Gasteiger partial charge on any atom is 0.340 e. The molecule has 0 radical (unpaired) electrons. The van der Waals surface area contributed by atoms with Crippen LogP contribution in [0.5, 0.6) is 0 Å². The van der Waals surface area contributed by atoms with E-state index >= 15 is 0 Å². The Bertz CT molecular complexity index is 617. The number of nitrogens with zero attached hydrogens (tertiary/aromatic N) is 1. The number of oxime groups is 1. The lowest BCUT2D eigenvalue weighted by molar-refractivity contribution is -0.138. The number of carbonyl (C=O) groups is 2. The molecule has 1 aromatic carbocycles. The fraction of sp³-hybridized carbons (Fsp3) is 0.312. The Balaban J connectivity index is 3.42. The molecule has 7 heteroatoms. The summed E-state index contributed by atoms with van der Waals surface area (Å²) in [5.41, 5.74) is 0.834. The van der Waals surface area contributed by atoms with E-state index in [2.05, 4.69) is 9.89 Å². The first-order chi connectivity index (χ1) is 10.8. The van der Waals surface area contributed by atoms with E-state index in [-0.39, 0.29) is 11.3 Å². The second-order valence-corrected chi connectivity index (χ2v) is 9.99. The van der Waals surface area contributed by atoms with Crippen LogP contribution in [-0.2, 0) is 23.6 Å². The minimum Gasteiger partial charge on any atom is -0.466 e. The Hall–Kier alpha value is -2.41. The summed E-state index contributed by atoms with van der Waals surface area (Å²) in [4.78, 5) is 23.7. The Morgan fingerprint density at radius 2 is 1.65 bits per heavy atom. The quantitative estimate of drug-likeness (QED) is 0.262. The minimum atomic E-state index is -1.97. The monoisotopic (exact) mass is 335 g/mol. The van der Waals surface area contributed by atoms with Crippen LogP contribution in [0, 0.1) is 0 Å². The Labute approximate surface area is 136 Å². The first-order valence-corrected chi connectivity index (χ1v) is 10.4. The molecule has 1 rings (SSSR count). The van der Waals surface area contributed by atoms with Crippen molar-refractivity contribution in [3.8, 4) is 0 Å². The number of rotatable bonds is 6. The molecule has 0 saturated carbocycles. The van der Waals surface area contributed by atoms with Gasteiger partial charge in [-0.15, -0.1) is 5.16 Å². The third-order valence-corrected chi connectivity index (χ3v) is 3.22. The molecular formula is C16H21NO5Si. The van der Waals surface area contributed by atoms with Crippen LogP contribution in [0.15, 0.2) is 47.1 Å². The molecule has 124 valence electrons. The number of hydrogen-bond acceptors (Lipinski definition) is 6. The lowest BCUT2D eigenvalue weighted by Crippen LogP contribution is -2.25. The fourth-order valence-electron chi connectivity index (χ4n) is 1.55. The van der Waals surface area contributed by atoms with Gasteiger partial charge in [0.2, 0.25) is 0 Å². The fourth-order valence-corrected chi connectivity index (χ4v) is 1.91. The van der Waals surface area contributed by atoms with Crippen LogP contribution < -0.4 is 0 Å². The maximum atomic E-state index is 12.1. The van der Waals surface area contributed by atoms with Gasteiger partial charge in [0.1, 0.15) is 5.71 Å². The van der Waals surface area contributed by atoms with Gasteiger partial charge >= 0.3 is 11.9 Å². The van der Waals surface area contributed by atoms with E-state index in [9.17, 15) is 9.59 Å². The molecule has 0 amide bonds. The molecule has 0 fully saturated rings. The van der Waals surface area contributed by atoms with Gasteiger partial charge in [-0.3, -0.25) is 0 Å². The summed E-state index contributed by atoms with van der Waals surface area (Å²) >= 11 is 0. The predicted octanol–water partition coefficient (Wildman–Crippen LogP) is 2.51. The lowest BCUT2D eigenvalue weighted by atomic mass is 10.0. The van der Waals surface area contributed by atoms with Gasteiger partial charge in [0, 0.05) is 11.6 Å². The van der Waals surface area contributed by atoms with Gasteiger partial charge in [-0.1, -0.05) is 30.3 Å². The van der Waals surface area contributed by atoms with Gasteiger partial charge in [-0.25, -0.2) is 9.59 Å². The number of hydrogen-bond donors (Lipinski definition) is 0. The van der Waals surface area contributed by atoms with Crippen molar-refractivity contribution in [2.75, 3.05) is 14.2 Å². The van der Waals surface area contributed by atoms with E-state index in [1.807, 2.05) is 25.7 Å². The van der Waals surface area contributed by atoms with Crippen molar-refractivity contribution in [2.24, 2.45) is 5.16 Å².